The van der Waals surface area contributed by atoms with E-state index < -0.39 is 0 Å². The molecule has 2 aliphatic rings. The average Bonchev–Trinajstić information content (AvgIpc) is 2.66. The molecule has 1 aliphatic heterocycles. The number of carbonyl (C=O) groups is 2. The van der Waals surface area contributed by atoms with E-state index >= 15 is 0 Å². The summed E-state index contributed by atoms with van der Waals surface area (Å²) in [4.78, 5) is 23.0. The van der Waals surface area contributed by atoms with Gasteiger partial charge >= 0.3 is 11.9 Å². The van der Waals surface area contributed by atoms with Crippen LogP contribution in [0.4, 0.5) is 0 Å². The van der Waals surface area contributed by atoms with Crippen LogP contribution in [0.25, 0.3) is 0 Å². The van der Waals surface area contributed by atoms with E-state index in [-0.39, 0.29) is 36.0 Å². The fourth-order valence-electron chi connectivity index (χ4n) is 3.08. The molecule has 0 spiro atoms. The van der Waals surface area contributed by atoms with Crippen LogP contribution in [-0.2, 0) is 19.1 Å². The molecule has 0 aromatic rings. The number of allylic oxidation sites excluding steroid dienone is 1. The summed E-state index contributed by atoms with van der Waals surface area (Å²) in [5, 5.41) is 0. The monoisotopic (exact) mass is 292 g/mol. The molecule has 1 saturated heterocycles. The number of hydrogen-bond donors (Lipinski definition) is 0. The van der Waals surface area contributed by atoms with Gasteiger partial charge in [-0.3, -0.25) is 9.59 Å². The third-order valence-electron chi connectivity index (χ3n) is 4.49. The Labute approximate surface area is 126 Å². The third-order valence-corrected chi connectivity index (χ3v) is 4.49. The first kappa shape index (κ1) is 15.8. The van der Waals surface area contributed by atoms with Gasteiger partial charge in [0, 0.05) is 25.7 Å². The topological polar surface area (TPSA) is 52.6 Å². The van der Waals surface area contributed by atoms with Gasteiger partial charge in [0.15, 0.2) is 0 Å². The Kier molecular flexibility index (Phi) is 4.86. The number of ether oxygens (including phenoxy) is 2. The summed E-state index contributed by atoms with van der Waals surface area (Å²) in [6.07, 6.45) is 6.17. The lowest BCUT2D eigenvalue weighted by atomic mass is 9.84. The first-order chi connectivity index (χ1) is 9.88. The normalized spacial score (nSPS) is 38.4. The molecule has 1 heterocycles. The molecule has 4 heteroatoms. The fourth-order valence-corrected chi connectivity index (χ4v) is 3.08. The highest BCUT2D eigenvalue weighted by atomic mass is 16.6. The molecule has 1 aliphatic carbocycles. The van der Waals surface area contributed by atoms with Crippen molar-refractivity contribution < 1.29 is 19.1 Å². The Balaban J connectivity index is 2.23. The van der Waals surface area contributed by atoms with Crippen molar-refractivity contribution in [1.82, 2.24) is 0 Å². The Bertz CT molecular complexity index is 489. The van der Waals surface area contributed by atoms with Gasteiger partial charge < -0.3 is 9.47 Å². The van der Waals surface area contributed by atoms with E-state index in [0.717, 1.165) is 18.4 Å². The van der Waals surface area contributed by atoms with Gasteiger partial charge in [0.1, 0.15) is 12.2 Å². The molecule has 2 rings (SSSR count). The van der Waals surface area contributed by atoms with Crippen LogP contribution in [0, 0.1) is 11.8 Å². The quantitative estimate of drug-likeness (QED) is 0.550. The van der Waals surface area contributed by atoms with Crippen LogP contribution in [0.1, 0.15) is 47.0 Å². The second-order valence-corrected chi connectivity index (χ2v) is 6.20. The minimum absolute atomic E-state index is 0.0296. The summed E-state index contributed by atoms with van der Waals surface area (Å²) in [6, 6.07) is 0. The number of carbonyl (C=O) groups excluding carboxylic acids is 2. The molecule has 0 saturated carbocycles. The van der Waals surface area contributed by atoms with Gasteiger partial charge in [-0.1, -0.05) is 24.6 Å². The van der Waals surface area contributed by atoms with E-state index in [2.05, 4.69) is 12.2 Å². The Morgan fingerprint density at radius 1 is 1.29 bits per heavy atom. The van der Waals surface area contributed by atoms with Gasteiger partial charge in [-0.05, 0) is 25.8 Å². The van der Waals surface area contributed by atoms with Crippen LogP contribution in [0.2, 0.25) is 0 Å². The van der Waals surface area contributed by atoms with Crippen LogP contribution in [0.3, 0.4) is 0 Å². The molecular formula is C17H24O4. The predicted molar refractivity (Wildman–Crippen MR) is 79.5 cm³/mol. The number of rotatable bonds is 1. The molecule has 0 N–H and O–H groups in total. The highest BCUT2D eigenvalue weighted by Gasteiger charge is 2.41. The van der Waals surface area contributed by atoms with E-state index in [1.165, 1.54) is 12.5 Å². The Morgan fingerprint density at radius 2 is 2.00 bits per heavy atom. The lowest BCUT2D eigenvalue weighted by Gasteiger charge is -2.23. The van der Waals surface area contributed by atoms with Crippen LogP contribution < -0.4 is 0 Å². The largest absolute Gasteiger partial charge is 0.461 e. The molecule has 1 fully saturated rings. The molecule has 0 unspecified atom stereocenters. The van der Waals surface area contributed by atoms with Gasteiger partial charge in [0.2, 0.25) is 0 Å². The van der Waals surface area contributed by atoms with Crippen LogP contribution in [-0.4, -0.2) is 24.1 Å². The van der Waals surface area contributed by atoms with E-state index in [4.69, 9.17) is 9.47 Å². The van der Waals surface area contributed by atoms with Crippen LogP contribution in [0.5, 0.6) is 0 Å². The van der Waals surface area contributed by atoms with Gasteiger partial charge in [0.05, 0.1) is 5.92 Å². The number of fused-ring (bicyclic) bond motifs is 1. The van der Waals surface area contributed by atoms with E-state index in [1.807, 2.05) is 20.8 Å². The number of esters is 2. The molecule has 4 atom stereocenters. The summed E-state index contributed by atoms with van der Waals surface area (Å²) in [6.45, 7) is 7.39. The summed E-state index contributed by atoms with van der Waals surface area (Å²) in [5.74, 6) is -0.230. The van der Waals surface area contributed by atoms with Gasteiger partial charge in [-0.15, -0.1) is 0 Å². The maximum atomic E-state index is 11.8. The summed E-state index contributed by atoms with van der Waals surface area (Å²) >= 11 is 0. The Hall–Kier alpha value is -1.58. The van der Waals surface area contributed by atoms with E-state index in [1.54, 1.807) is 0 Å². The van der Waals surface area contributed by atoms with Gasteiger partial charge in [-0.25, -0.2) is 0 Å². The maximum absolute atomic E-state index is 11.8. The molecule has 0 aromatic heterocycles. The second-order valence-electron chi connectivity index (χ2n) is 6.20. The zero-order chi connectivity index (χ0) is 15.6. The molecule has 116 valence electrons. The van der Waals surface area contributed by atoms with Crippen LogP contribution >= 0.6 is 0 Å². The molecule has 0 aromatic carbocycles. The Morgan fingerprint density at radius 3 is 2.67 bits per heavy atom. The highest BCUT2D eigenvalue weighted by molar-refractivity contribution is 5.75. The second kappa shape index (κ2) is 6.46. The molecule has 0 amide bonds. The minimum atomic E-state index is -0.263. The van der Waals surface area contributed by atoms with Crippen molar-refractivity contribution in [3.8, 4) is 0 Å². The van der Waals surface area contributed by atoms with E-state index in [9.17, 15) is 9.59 Å². The molecule has 21 heavy (non-hydrogen) atoms. The van der Waals surface area contributed by atoms with Crippen LogP contribution in [0.15, 0.2) is 23.3 Å². The number of hydrogen-bond acceptors (Lipinski definition) is 4. The lowest BCUT2D eigenvalue weighted by molar-refractivity contribution is -0.145. The molecule has 0 bridgehead atoms. The fraction of sp³-hybridized carbons (Fsp3) is 0.647. The van der Waals surface area contributed by atoms with Crippen molar-refractivity contribution in [1.29, 1.82) is 0 Å². The zero-order valence-electron chi connectivity index (χ0n) is 13.2. The first-order valence-electron chi connectivity index (χ1n) is 7.58. The van der Waals surface area contributed by atoms with Crippen molar-refractivity contribution >= 4 is 11.9 Å². The standard InChI is InChI=1S/C17H24O4/c1-10-5-8-15(20-13(4)18)11(2)6-7-14-12(3)17(19)21-16(14)9-10/h5-6,12,14-16H,7-9H2,1-4H3/b10-5+,11-6-/t12-,14-,15+,16-/m1/s1. The molecule has 0 radical (unpaired) electrons. The first-order valence-corrected chi connectivity index (χ1v) is 7.58. The zero-order valence-corrected chi connectivity index (χ0v) is 13.2. The summed E-state index contributed by atoms with van der Waals surface area (Å²) in [7, 11) is 0. The highest BCUT2D eigenvalue weighted by Crippen LogP contribution is 2.36. The third kappa shape index (κ3) is 3.74. The maximum Gasteiger partial charge on any atom is 0.309 e. The summed E-state index contributed by atoms with van der Waals surface area (Å²) in [5.41, 5.74) is 2.22. The minimum Gasteiger partial charge on any atom is -0.461 e. The predicted octanol–water partition coefficient (Wildman–Crippen LogP) is 3.17. The lowest BCUT2D eigenvalue weighted by Crippen LogP contribution is -2.22. The van der Waals surface area contributed by atoms with Crippen molar-refractivity contribution in [3.63, 3.8) is 0 Å². The van der Waals surface area contributed by atoms with Crippen molar-refractivity contribution in [2.24, 2.45) is 11.8 Å². The molecule has 4 nitrogen and oxygen atoms in total. The molecular weight excluding hydrogens is 268 g/mol. The SMILES string of the molecule is CC(=O)O[C@H]1C/C=C(\C)C[C@H]2OC(=O)[C@H](C)[C@H]2C/C=C\1C. The van der Waals surface area contributed by atoms with Crippen molar-refractivity contribution in [2.75, 3.05) is 0 Å². The average molecular weight is 292 g/mol. The van der Waals surface area contributed by atoms with Crippen molar-refractivity contribution in [3.05, 3.63) is 23.3 Å². The van der Waals surface area contributed by atoms with Gasteiger partial charge in [0.25, 0.3) is 0 Å². The van der Waals surface area contributed by atoms with Gasteiger partial charge in [-0.2, -0.15) is 0 Å². The summed E-state index contributed by atoms with van der Waals surface area (Å²) < 4.78 is 10.9. The van der Waals surface area contributed by atoms with Crippen molar-refractivity contribution in [2.45, 2.75) is 59.2 Å². The smallest absolute Gasteiger partial charge is 0.309 e. The van der Waals surface area contributed by atoms with E-state index in [0.29, 0.717) is 6.42 Å².